The number of hydrogen-bond acceptors (Lipinski definition) is 2. The molecule has 5 atom stereocenters. The fourth-order valence-corrected chi connectivity index (χ4v) is 10.7. The molecule has 298 valence electrons. The van der Waals surface area contributed by atoms with E-state index < -0.39 is 0 Å². The molecule has 1 aliphatic heterocycles. The molecule has 0 saturated heterocycles. The number of fused-ring (bicyclic) bond motifs is 6. The Balaban J connectivity index is 0.901. The molecule has 4 nitrogen and oxygen atoms in total. The summed E-state index contributed by atoms with van der Waals surface area (Å²) < 4.78 is 4.98. The van der Waals surface area contributed by atoms with Gasteiger partial charge in [-0.25, -0.2) is 0 Å². The zero-order valence-electron chi connectivity index (χ0n) is 35.1. The van der Waals surface area contributed by atoms with Crippen LogP contribution < -0.4 is 15.9 Å². The number of hydrogen-bond donors (Lipinski definition) is 1. The lowest BCUT2D eigenvalue weighted by Gasteiger charge is -2.35. The van der Waals surface area contributed by atoms with Gasteiger partial charge in [-0.05, 0) is 131 Å². The third-order valence-electron chi connectivity index (χ3n) is 13.9. The SMILES string of the molecule is CC(C)(C)C1=CCC(C2CC(c3ccc(-n4c5c(c6ccccc64)CC(C4C=c6c7c(n(-c8ccccc8)c6=CC4)C=CCC7)C=C5)cc3)=NC(c3ccccc3)N2)C=C1. The van der Waals surface area contributed by atoms with Gasteiger partial charge in [0, 0.05) is 51.7 Å². The molecule has 0 saturated carbocycles. The Morgan fingerprint density at radius 3 is 2.15 bits per heavy atom. The van der Waals surface area contributed by atoms with E-state index in [1.54, 1.807) is 0 Å². The zero-order valence-corrected chi connectivity index (χ0v) is 35.1. The fraction of sp³-hybridized carbons (Fsp3) is 0.268. The first kappa shape index (κ1) is 37.1. The first-order valence-electron chi connectivity index (χ1n) is 22.2. The maximum absolute atomic E-state index is 5.38. The number of allylic oxidation sites excluding steroid dienone is 5. The Kier molecular flexibility index (Phi) is 9.23. The van der Waals surface area contributed by atoms with Crippen molar-refractivity contribution in [2.45, 2.75) is 71.5 Å². The number of nitrogens with one attached hydrogen (secondary N) is 1. The third kappa shape index (κ3) is 6.53. The number of para-hydroxylation sites is 2. The normalized spacial score (nSPS) is 23.2. The van der Waals surface area contributed by atoms with E-state index in [-0.39, 0.29) is 11.6 Å². The molecule has 0 fully saturated rings. The van der Waals surface area contributed by atoms with E-state index in [4.69, 9.17) is 4.99 Å². The van der Waals surface area contributed by atoms with Crippen molar-refractivity contribution in [2.75, 3.05) is 0 Å². The number of rotatable bonds is 6. The van der Waals surface area contributed by atoms with Gasteiger partial charge in [-0.3, -0.25) is 10.3 Å². The summed E-state index contributed by atoms with van der Waals surface area (Å²) in [6.07, 6.45) is 28.2. The summed E-state index contributed by atoms with van der Waals surface area (Å²) in [5, 5.41) is 8.14. The predicted molar refractivity (Wildman–Crippen MR) is 251 cm³/mol. The summed E-state index contributed by atoms with van der Waals surface area (Å²) in [5.74, 6) is 1.32. The fourth-order valence-electron chi connectivity index (χ4n) is 10.7. The molecule has 0 radical (unpaired) electrons. The van der Waals surface area contributed by atoms with Crippen molar-refractivity contribution in [3.05, 3.63) is 189 Å². The maximum Gasteiger partial charge on any atom is 0.126 e. The largest absolute Gasteiger partial charge is 0.310 e. The lowest BCUT2D eigenvalue weighted by Crippen LogP contribution is -2.43. The molecule has 60 heavy (non-hydrogen) atoms. The van der Waals surface area contributed by atoms with Gasteiger partial charge in [0.1, 0.15) is 6.17 Å². The van der Waals surface area contributed by atoms with Crippen LogP contribution in [0.25, 0.3) is 46.6 Å². The monoisotopic (exact) mass is 782 g/mol. The van der Waals surface area contributed by atoms with Gasteiger partial charge < -0.3 is 9.13 Å². The number of nitrogens with zero attached hydrogens (tertiary/aromatic N) is 3. The van der Waals surface area contributed by atoms with Crippen molar-refractivity contribution in [3.8, 4) is 11.4 Å². The van der Waals surface area contributed by atoms with E-state index in [1.165, 1.54) is 77.8 Å². The highest BCUT2D eigenvalue weighted by Crippen LogP contribution is 2.40. The number of benzene rings is 4. The van der Waals surface area contributed by atoms with E-state index in [1.807, 2.05) is 0 Å². The van der Waals surface area contributed by atoms with Crippen LogP contribution >= 0.6 is 0 Å². The van der Waals surface area contributed by atoms with E-state index in [0.29, 0.717) is 23.8 Å². The van der Waals surface area contributed by atoms with E-state index >= 15 is 0 Å². The first-order valence-corrected chi connectivity index (χ1v) is 22.2. The van der Waals surface area contributed by atoms with Crippen LogP contribution in [0, 0.1) is 23.2 Å². The van der Waals surface area contributed by atoms with Crippen molar-refractivity contribution in [1.82, 2.24) is 14.5 Å². The highest BCUT2D eigenvalue weighted by atomic mass is 15.1. The molecule has 6 aromatic rings. The van der Waals surface area contributed by atoms with Crippen molar-refractivity contribution >= 4 is 40.9 Å². The van der Waals surface area contributed by atoms with Crippen LogP contribution in [0.1, 0.15) is 86.3 Å². The molecule has 0 bridgehead atoms. The van der Waals surface area contributed by atoms with Gasteiger partial charge in [0.2, 0.25) is 0 Å². The van der Waals surface area contributed by atoms with Crippen LogP contribution in [0.5, 0.6) is 0 Å². The molecule has 4 heteroatoms. The number of aromatic nitrogens is 2. The smallest absolute Gasteiger partial charge is 0.126 e. The third-order valence-corrected chi connectivity index (χ3v) is 13.9. The van der Waals surface area contributed by atoms with Crippen molar-refractivity contribution in [2.24, 2.45) is 28.2 Å². The minimum absolute atomic E-state index is 0.0730. The minimum Gasteiger partial charge on any atom is -0.310 e. The lowest BCUT2D eigenvalue weighted by molar-refractivity contribution is 0.355. The highest BCUT2D eigenvalue weighted by Gasteiger charge is 2.32. The summed E-state index contributed by atoms with van der Waals surface area (Å²) in [4.78, 5) is 5.38. The van der Waals surface area contributed by atoms with Gasteiger partial charge >= 0.3 is 0 Å². The van der Waals surface area contributed by atoms with Gasteiger partial charge in [0.25, 0.3) is 0 Å². The molecule has 11 rings (SSSR count). The summed E-state index contributed by atoms with van der Waals surface area (Å²) in [7, 11) is 0. The summed E-state index contributed by atoms with van der Waals surface area (Å²) in [5.41, 5.74) is 14.6. The minimum atomic E-state index is -0.0730. The summed E-state index contributed by atoms with van der Waals surface area (Å²) in [6.45, 7) is 6.92. The van der Waals surface area contributed by atoms with Gasteiger partial charge in [0.15, 0.2) is 0 Å². The van der Waals surface area contributed by atoms with Crippen LogP contribution in [0.15, 0.2) is 150 Å². The predicted octanol–water partition coefficient (Wildman–Crippen LogP) is 11.2. The second-order valence-corrected chi connectivity index (χ2v) is 18.6. The second-order valence-electron chi connectivity index (χ2n) is 18.6. The molecule has 4 aliphatic carbocycles. The van der Waals surface area contributed by atoms with Crippen molar-refractivity contribution in [3.63, 3.8) is 0 Å². The molecule has 0 spiro atoms. The standard InChI is InChI=1S/C56H54N4/c1-56(2,3)42-28-22-37(23-29-42)49-36-50(58-55(57-49)39-14-6-4-7-15-39)38-24-30-44(31-25-38)60-52-21-13-11-19-46(52)48-35-41(27-33-54(48)60)40-26-32-53-47(34-40)45-18-10-12-20-51(45)59(53)43-16-8-5-9-17-43/h4-9,11-17,19-22,24-25,27-34,37,40-41,49,55,57H,10,18,23,26,35-36H2,1-3H3. The first-order chi connectivity index (χ1) is 29.4. The molecule has 5 aliphatic rings. The Bertz CT molecular complexity index is 2890. The van der Waals surface area contributed by atoms with Gasteiger partial charge in [-0.1, -0.05) is 142 Å². The summed E-state index contributed by atoms with van der Waals surface area (Å²) in [6, 6.07) is 40.2. The molecule has 4 aromatic carbocycles. The van der Waals surface area contributed by atoms with E-state index in [0.717, 1.165) is 38.5 Å². The molecular formula is C56H54N4. The second kappa shape index (κ2) is 14.9. The lowest BCUT2D eigenvalue weighted by atomic mass is 9.78. The quantitative estimate of drug-likeness (QED) is 0.179. The summed E-state index contributed by atoms with van der Waals surface area (Å²) >= 11 is 0. The van der Waals surface area contributed by atoms with Gasteiger partial charge in [-0.2, -0.15) is 0 Å². The average molecular weight is 783 g/mol. The molecule has 3 heterocycles. The average Bonchev–Trinajstić information content (AvgIpc) is 3.81. The van der Waals surface area contributed by atoms with Crippen LogP contribution in [-0.2, 0) is 12.8 Å². The Hall–Kier alpha value is -5.97. The van der Waals surface area contributed by atoms with Gasteiger partial charge in [0.05, 0.1) is 5.52 Å². The van der Waals surface area contributed by atoms with Crippen LogP contribution in [0.4, 0.5) is 0 Å². The van der Waals surface area contributed by atoms with Crippen molar-refractivity contribution in [1.29, 1.82) is 0 Å². The molecule has 2 aromatic heterocycles. The molecule has 5 unspecified atom stereocenters. The van der Waals surface area contributed by atoms with Crippen LogP contribution in [-0.4, -0.2) is 20.9 Å². The molecule has 1 N–H and O–H groups in total. The zero-order chi connectivity index (χ0) is 40.4. The van der Waals surface area contributed by atoms with E-state index in [2.05, 4.69) is 199 Å². The molecule has 0 amide bonds. The van der Waals surface area contributed by atoms with Crippen LogP contribution in [0.3, 0.4) is 0 Å². The maximum atomic E-state index is 5.38. The Morgan fingerprint density at radius 1 is 0.650 bits per heavy atom. The number of aliphatic imine (C=N–C) groups is 1. The van der Waals surface area contributed by atoms with Crippen LogP contribution in [0.2, 0.25) is 0 Å². The highest BCUT2D eigenvalue weighted by molar-refractivity contribution is 6.02. The topological polar surface area (TPSA) is 34.2 Å². The Morgan fingerprint density at radius 2 is 1.37 bits per heavy atom. The Labute approximate surface area is 354 Å². The van der Waals surface area contributed by atoms with Crippen molar-refractivity contribution < 1.29 is 0 Å². The van der Waals surface area contributed by atoms with E-state index in [9.17, 15) is 0 Å². The van der Waals surface area contributed by atoms with Gasteiger partial charge in [-0.15, -0.1) is 0 Å². The molecular weight excluding hydrogens is 729 g/mol.